The van der Waals surface area contributed by atoms with Gasteiger partial charge in [0.1, 0.15) is 5.82 Å². The van der Waals surface area contributed by atoms with Gasteiger partial charge < -0.3 is 10.6 Å². The molecule has 2 aromatic rings. The highest BCUT2D eigenvalue weighted by Gasteiger charge is 2.11. The lowest BCUT2D eigenvalue weighted by Crippen LogP contribution is -2.22. The first kappa shape index (κ1) is 11.0. The van der Waals surface area contributed by atoms with Gasteiger partial charge in [-0.25, -0.2) is 0 Å². The Bertz CT molecular complexity index is 482. The molecule has 7 heteroatoms. The van der Waals surface area contributed by atoms with Crippen molar-refractivity contribution in [3.8, 4) is 0 Å². The summed E-state index contributed by atoms with van der Waals surface area (Å²) in [6, 6.07) is 0. The Morgan fingerprint density at radius 1 is 1.50 bits per heavy atom. The van der Waals surface area contributed by atoms with Crippen molar-refractivity contribution in [2.45, 2.75) is 0 Å². The number of aromatic nitrogens is 4. The zero-order valence-electron chi connectivity index (χ0n) is 9.27. The average molecular weight is 238 g/mol. The lowest BCUT2D eigenvalue weighted by atomic mass is 10.3. The summed E-state index contributed by atoms with van der Waals surface area (Å²) in [4.78, 5) is 10.4. The van der Waals surface area contributed by atoms with E-state index in [9.17, 15) is 0 Å². The Morgan fingerprint density at radius 2 is 2.31 bits per heavy atom. The first-order valence-corrected chi connectivity index (χ1v) is 6.28. The second kappa shape index (κ2) is 4.56. The molecule has 0 saturated carbocycles. The monoisotopic (exact) mass is 238 g/mol. The molecule has 0 amide bonds. The van der Waals surface area contributed by atoms with Crippen LogP contribution in [0.3, 0.4) is 0 Å². The van der Waals surface area contributed by atoms with Crippen molar-refractivity contribution in [2.24, 2.45) is 0 Å². The number of aromatic amines is 1. The molecule has 0 bridgehead atoms. The number of hydrogen-bond acceptors (Lipinski definition) is 6. The summed E-state index contributed by atoms with van der Waals surface area (Å²) in [5, 5.41) is 7.65. The van der Waals surface area contributed by atoms with Crippen LogP contribution < -0.4 is 10.6 Å². The van der Waals surface area contributed by atoms with Gasteiger partial charge in [0, 0.05) is 19.3 Å². The van der Waals surface area contributed by atoms with Gasteiger partial charge in [0.05, 0.1) is 11.6 Å². The van der Waals surface area contributed by atoms with E-state index in [1.165, 1.54) is 0 Å². The van der Waals surface area contributed by atoms with Gasteiger partial charge in [-0.2, -0.15) is 26.8 Å². The molecule has 0 aromatic carbocycles. The van der Waals surface area contributed by atoms with Crippen LogP contribution in [-0.4, -0.2) is 45.8 Å². The smallest absolute Gasteiger partial charge is 0.224 e. The molecule has 0 unspecified atom stereocenters. The normalized spacial score (nSPS) is 10.9. The molecule has 0 aliphatic carbocycles. The summed E-state index contributed by atoms with van der Waals surface area (Å²) in [6.07, 6.45) is 3.80. The standard InChI is InChI=1S/C9H14N6S/c1-15(3-4-16-2)8-6-5-11-14-7(6)12-9(10)13-8/h5H,3-4H2,1-2H3,(H3,10,11,12,13,14). The SMILES string of the molecule is CSCCN(C)c1nc(N)nc2[nH]ncc12. The second-order valence-corrected chi connectivity index (χ2v) is 4.44. The molecule has 2 aromatic heterocycles. The van der Waals surface area contributed by atoms with Crippen molar-refractivity contribution in [3.63, 3.8) is 0 Å². The van der Waals surface area contributed by atoms with E-state index in [4.69, 9.17) is 5.73 Å². The van der Waals surface area contributed by atoms with Crippen molar-refractivity contribution < 1.29 is 0 Å². The third kappa shape index (κ3) is 2.04. The molecule has 86 valence electrons. The molecule has 0 fully saturated rings. The Balaban J connectivity index is 2.38. The third-order valence-electron chi connectivity index (χ3n) is 2.30. The number of anilines is 2. The van der Waals surface area contributed by atoms with E-state index in [1.807, 2.05) is 7.05 Å². The van der Waals surface area contributed by atoms with Gasteiger partial charge in [-0.05, 0) is 6.26 Å². The summed E-state index contributed by atoms with van der Waals surface area (Å²) < 4.78 is 0. The van der Waals surface area contributed by atoms with Crippen molar-refractivity contribution in [3.05, 3.63) is 6.20 Å². The van der Waals surface area contributed by atoms with Crippen molar-refractivity contribution >= 4 is 34.6 Å². The summed E-state index contributed by atoms with van der Waals surface area (Å²) in [5.41, 5.74) is 6.33. The number of nitrogens with two attached hydrogens (primary N) is 1. The van der Waals surface area contributed by atoms with Crippen LogP contribution in [-0.2, 0) is 0 Å². The minimum absolute atomic E-state index is 0.266. The Kier molecular flexibility index (Phi) is 3.14. The Morgan fingerprint density at radius 3 is 3.06 bits per heavy atom. The number of thioether (sulfide) groups is 1. The molecular formula is C9H14N6S. The maximum absolute atomic E-state index is 5.65. The average Bonchev–Trinajstić information content (AvgIpc) is 2.72. The van der Waals surface area contributed by atoms with Crippen LogP contribution in [0.25, 0.3) is 11.0 Å². The van der Waals surface area contributed by atoms with Crippen LogP contribution in [0.1, 0.15) is 0 Å². The van der Waals surface area contributed by atoms with E-state index in [1.54, 1.807) is 18.0 Å². The number of H-pyrrole nitrogens is 1. The molecule has 0 atom stereocenters. The number of rotatable bonds is 4. The van der Waals surface area contributed by atoms with E-state index in [0.29, 0.717) is 5.65 Å². The predicted octanol–water partition coefficient (Wildman–Crippen LogP) is 0.734. The second-order valence-electron chi connectivity index (χ2n) is 3.45. The lowest BCUT2D eigenvalue weighted by molar-refractivity contribution is 0.951. The van der Waals surface area contributed by atoms with Crippen LogP contribution in [0.4, 0.5) is 11.8 Å². The van der Waals surface area contributed by atoms with Crippen LogP contribution in [0, 0.1) is 0 Å². The van der Waals surface area contributed by atoms with Gasteiger partial charge >= 0.3 is 0 Å². The minimum atomic E-state index is 0.266. The van der Waals surface area contributed by atoms with Crippen molar-refractivity contribution in [1.29, 1.82) is 0 Å². The number of nitrogen functional groups attached to an aromatic ring is 1. The van der Waals surface area contributed by atoms with Crippen molar-refractivity contribution in [2.75, 3.05) is 36.2 Å². The molecule has 2 rings (SSSR count). The zero-order valence-corrected chi connectivity index (χ0v) is 10.1. The van der Waals surface area contributed by atoms with E-state index < -0.39 is 0 Å². The number of nitrogens with zero attached hydrogens (tertiary/aromatic N) is 4. The van der Waals surface area contributed by atoms with Crippen LogP contribution in [0.15, 0.2) is 6.20 Å². The van der Waals surface area contributed by atoms with Gasteiger partial charge in [0.2, 0.25) is 5.95 Å². The minimum Gasteiger partial charge on any atom is -0.368 e. The molecule has 6 nitrogen and oxygen atoms in total. The van der Waals surface area contributed by atoms with E-state index >= 15 is 0 Å². The maximum Gasteiger partial charge on any atom is 0.224 e. The van der Waals surface area contributed by atoms with Gasteiger partial charge in [-0.1, -0.05) is 0 Å². The van der Waals surface area contributed by atoms with Crippen LogP contribution in [0.2, 0.25) is 0 Å². The maximum atomic E-state index is 5.65. The Hall–Kier alpha value is -1.50. The van der Waals surface area contributed by atoms with Crippen LogP contribution >= 0.6 is 11.8 Å². The lowest BCUT2D eigenvalue weighted by Gasteiger charge is -2.18. The quantitative estimate of drug-likeness (QED) is 0.817. The van der Waals surface area contributed by atoms with Crippen LogP contribution in [0.5, 0.6) is 0 Å². The number of nitrogens with one attached hydrogen (secondary N) is 1. The molecule has 3 N–H and O–H groups in total. The fourth-order valence-electron chi connectivity index (χ4n) is 1.46. The van der Waals surface area contributed by atoms with Gasteiger partial charge in [0.25, 0.3) is 0 Å². The van der Waals surface area contributed by atoms with Gasteiger partial charge in [-0.3, -0.25) is 5.10 Å². The molecule has 0 aliphatic rings. The molecule has 0 radical (unpaired) electrons. The highest BCUT2D eigenvalue weighted by Crippen LogP contribution is 2.21. The fraction of sp³-hybridized carbons (Fsp3) is 0.444. The topological polar surface area (TPSA) is 83.7 Å². The summed E-state index contributed by atoms with van der Waals surface area (Å²) >= 11 is 1.80. The molecule has 0 saturated heterocycles. The summed E-state index contributed by atoms with van der Waals surface area (Å²) in [6.45, 7) is 0.915. The Labute approximate surface area is 97.6 Å². The summed E-state index contributed by atoms with van der Waals surface area (Å²) in [5.74, 6) is 2.13. The predicted molar refractivity (Wildman–Crippen MR) is 67.7 cm³/mol. The molecular weight excluding hydrogens is 224 g/mol. The van der Waals surface area contributed by atoms with Gasteiger partial charge in [0.15, 0.2) is 5.65 Å². The first-order valence-electron chi connectivity index (χ1n) is 4.89. The number of hydrogen-bond donors (Lipinski definition) is 2. The fourth-order valence-corrected chi connectivity index (χ4v) is 1.92. The largest absolute Gasteiger partial charge is 0.368 e. The van der Waals surface area contributed by atoms with E-state index in [0.717, 1.165) is 23.5 Å². The summed E-state index contributed by atoms with van der Waals surface area (Å²) in [7, 11) is 1.99. The molecule has 16 heavy (non-hydrogen) atoms. The molecule has 2 heterocycles. The highest BCUT2D eigenvalue weighted by atomic mass is 32.2. The van der Waals surface area contributed by atoms with Crippen molar-refractivity contribution in [1.82, 2.24) is 20.2 Å². The number of fused-ring (bicyclic) bond motifs is 1. The van der Waals surface area contributed by atoms with E-state index in [-0.39, 0.29) is 5.95 Å². The zero-order chi connectivity index (χ0) is 11.5. The molecule has 0 aliphatic heterocycles. The first-order chi connectivity index (χ1) is 7.72. The van der Waals surface area contributed by atoms with E-state index in [2.05, 4.69) is 31.3 Å². The third-order valence-corrected chi connectivity index (χ3v) is 2.89. The van der Waals surface area contributed by atoms with Gasteiger partial charge in [-0.15, -0.1) is 0 Å². The highest BCUT2D eigenvalue weighted by molar-refractivity contribution is 7.98. The molecule has 0 spiro atoms.